The van der Waals surface area contributed by atoms with Gasteiger partial charge in [0.05, 0.1) is 24.4 Å². The number of aryl methyl sites for hydroxylation is 2. The molecule has 156 valence electrons. The molecule has 3 aromatic rings. The van der Waals surface area contributed by atoms with Crippen LogP contribution in [0.1, 0.15) is 46.9 Å². The Morgan fingerprint density at radius 2 is 1.74 bits per heavy atom. The molecular formula is C26H23NO4. The van der Waals surface area contributed by atoms with Crippen molar-refractivity contribution < 1.29 is 19.1 Å². The number of nitrogens with zero attached hydrogens (tertiary/aromatic N) is 1. The summed E-state index contributed by atoms with van der Waals surface area (Å²) in [5.41, 5.74) is 3.97. The number of Topliss-reactive ketones (excluding diaryl/α,β-unsaturated/α-hetero) is 1. The van der Waals surface area contributed by atoms with E-state index in [1.807, 2.05) is 48.5 Å². The molecule has 2 aromatic carbocycles. The number of furan rings is 1. The molecule has 1 amide bonds. The molecule has 0 saturated carbocycles. The van der Waals surface area contributed by atoms with Crippen molar-refractivity contribution >= 4 is 17.4 Å². The molecule has 1 aliphatic carbocycles. The van der Waals surface area contributed by atoms with Crippen LogP contribution in [0.15, 0.2) is 76.9 Å². The van der Waals surface area contributed by atoms with Crippen LogP contribution < -0.4 is 0 Å². The van der Waals surface area contributed by atoms with Crippen LogP contribution in [0.25, 0.3) is 5.76 Å². The van der Waals surface area contributed by atoms with Crippen LogP contribution in [0.2, 0.25) is 0 Å². The summed E-state index contributed by atoms with van der Waals surface area (Å²) in [6.45, 7) is 0.151. The monoisotopic (exact) mass is 413 g/mol. The fourth-order valence-corrected chi connectivity index (χ4v) is 4.63. The highest BCUT2D eigenvalue weighted by Gasteiger charge is 2.46. The van der Waals surface area contributed by atoms with E-state index in [4.69, 9.17) is 4.42 Å². The summed E-state index contributed by atoms with van der Waals surface area (Å²) in [5.74, 6) is -0.848. The van der Waals surface area contributed by atoms with E-state index in [-0.39, 0.29) is 17.9 Å². The molecule has 0 spiro atoms. The third kappa shape index (κ3) is 3.46. The lowest BCUT2D eigenvalue weighted by atomic mass is 9.89. The van der Waals surface area contributed by atoms with Crippen molar-refractivity contribution in [3.63, 3.8) is 0 Å². The Morgan fingerprint density at radius 3 is 2.48 bits per heavy atom. The van der Waals surface area contributed by atoms with Gasteiger partial charge in [0.2, 0.25) is 0 Å². The smallest absolute Gasteiger partial charge is 0.296 e. The van der Waals surface area contributed by atoms with Gasteiger partial charge in [-0.2, -0.15) is 0 Å². The Labute approximate surface area is 180 Å². The van der Waals surface area contributed by atoms with Crippen molar-refractivity contribution in [1.29, 1.82) is 0 Å². The number of aliphatic hydroxyl groups is 1. The van der Waals surface area contributed by atoms with Crippen molar-refractivity contribution in [3.05, 3.63) is 101 Å². The zero-order valence-corrected chi connectivity index (χ0v) is 17.1. The Hall–Kier alpha value is -3.60. The average molecular weight is 413 g/mol. The maximum Gasteiger partial charge on any atom is 0.296 e. The number of aliphatic hydroxyl groups excluding tert-OH is 1. The van der Waals surface area contributed by atoms with E-state index in [1.54, 1.807) is 12.1 Å². The zero-order chi connectivity index (χ0) is 21.4. The zero-order valence-electron chi connectivity index (χ0n) is 17.1. The largest absolute Gasteiger partial charge is 0.507 e. The highest BCUT2D eigenvalue weighted by molar-refractivity contribution is 6.46. The summed E-state index contributed by atoms with van der Waals surface area (Å²) in [6, 6.07) is 18.0. The van der Waals surface area contributed by atoms with Crippen LogP contribution in [0.5, 0.6) is 0 Å². The standard InChI is InChI=1S/C26H23NO4/c28-24(20-13-12-17-7-4-5-10-19(17)15-20)22-23(18-8-2-1-3-9-18)27(26(30)25(22)29)16-21-11-6-14-31-21/h1-3,6,8-9,11-15,23,28H,4-5,7,10,16H2/b24-22-. The number of likely N-dealkylation sites (tertiary alicyclic amines) is 1. The lowest BCUT2D eigenvalue weighted by Gasteiger charge is -2.24. The van der Waals surface area contributed by atoms with Crippen LogP contribution in [-0.2, 0) is 29.0 Å². The van der Waals surface area contributed by atoms with Gasteiger partial charge in [0.25, 0.3) is 11.7 Å². The van der Waals surface area contributed by atoms with E-state index in [2.05, 4.69) is 0 Å². The van der Waals surface area contributed by atoms with E-state index in [1.165, 1.54) is 28.7 Å². The molecule has 1 atom stereocenters. The second kappa shape index (κ2) is 7.91. The highest BCUT2D eigenvalue weighted by atomic mass is 16.3. The van der Waals surface area contributed by atoms with Crippen molar-refractivity contribution in [2.45, 2.75) is 38.3 Å². The topological polar surface area (TPSA) is 70.8 Å². The van der Waals surface area contributed by atoms with Crippen LogP contribution in [0.4, 0.5) is 0 Å². The van der Waals surface area contributed by atoms with Crippen LogP contribution in [-0.4, -0.2) is 21.7 Å². The summed E-state index contributed by atoms with van der Waals surface area (Å²) < 4.78 is 5.42. The maximum absolute atomic E-state index is 13.1. The number of amides is 1. The Balaban J connectivity index is 1.63. The first-order valence-corrected chi connectivity index (χ1v) is 10.6. The van der Waals surface area contributed by atoms with Gasteiger partial charge < -0.3 is 14.4 Å². The average Bonchev–Trinajstić information content (AvgIpc) is 3.41. The molecule has 0 bridgehead atoms. The van der Waals surface area contributed by atoms with Crippen molar-refractivity contribution in [2.75, 3.05) is 0 Å². The van der Waals surface area contributed by atoms with Crippen molar-refractivity contribution in [1.82, 2.24) is 4.90 Å². The van der Waals surface area contributed by atoms with E-state index < -0.39 is 17.7 Å². The first-order valence-electron chi connectivity index (χ1n) is 10.6. The minimum absolute atomic E-state index is 0.123. The lowest BCUT2D eigenvalue weighted by molar-refractivity contribution is -0.140. The normalized spacial score (nSPS) is 20.1. The molecule has 5 nitrogen and oxygen atoms in total. The van der Waals surface area contributed by atoms with Gasteiger partial charge in [-0.1, -0.05) is 42.5 Å². The van der Waals surface area contributed by atoms with E-state index in [0.717, 1.165) is 24.8 Å². The third-order valence-corrected chi connectivity index (χ3v) is 6.18. The second-order valence-electron chi connectivity index (χ2n) is 8.11. The van der Waals surface area contributed by atoms with Crippen molar-refractivity contribution in [2.24, 2.45) is 0 Å². The quantitative estimate of drug-likeness (QED) is 0.380. The van der Waals surface area contributed by atoms with Gasteiger partial charge in [0.15, 0.2) is 0 Å². The van der Waals surface area contributed by atoms with E-state index in [9.17, 15) is 14.7 Å². The van der Waals surface area contributed by atoms with E-state index >= 15 is 0 Å². The highest BCUT2D eigenvalue weighted by Crippen LogP contribution is 2.40. The predicted molar refractivity (Wildman–Crippen MR) is 116 cm³/mol. The van der Waals surface area contributed by atoms with Crippen LogP contribution in [0.3, 0.4) is 0 Å². The predicted octanol–water partition coefficient (Wildman–Crippen LogP) is 4.78. The number of rotatable bonds is 4. The first kappa shape index (κ1) is 19.4. The SMILES string of the molecule is O=C1C(=O)N(Cc2ccco2)C(c2ccccc2)/C1=C(/O)c1ccc2c(c1)CCCC2. The lowest BCUT2D eigenvalue weighted by Crippen LogP contribution is -2.29. The molecule has 1 fully saturated rings. The van der Waals surface area contributed by atoms with Gasteiger partial charge in [-0.05, 0) is 60.6 Å². The van der Waals surface area contributed by atoms with Crippen LogP contribution in [0, 0.1) is 0 Å². The first-order chi connectivity index (χ1) is 15.1. The molecule has 1 aromatic heterocycles. The molecule has 1 N–H and O–H groups in total. The molecule has 31 heavy (non-hydrogen) atoms. The molecule has 2 aliphatic rings. The fourth-order valence-electron chi connectivity index (χ4n) is 4.63. The molecule has 5 rings (SSSR count). The molecule has 1 aliphatic heterocycles. The van der Waals surface area contributed by atoms with Crippen LogP contribution >= 0.6 is 0 Å². The van der Waals surface area contributed by atoms with E-state index in [0.29, 0.717) is 11.3 Å². The number of hydrogen-bond donors (Lipinski definition) is 1. The summed E-state index contributed by atoms with van der Waals surface area (Å²) in [5, 5.41) is 11.2. The number of hydrogen-bond acceptors (Lipinski definition) is 4. The number of carbonyl (C=O) groups excluding carboxylic acids is 2. The van der Waals surface area contributed by atoms with Gasteiger partial charge in [-0.25, -0.2) is 0 Å². The van der Waals surface area contributed by atoms with Crippen molar-refractivity contribution in [3.8, 4) is 0 Å². The minimum atomic E-state index is -0.678. The minimum Gasteiger partial charge on any atom is -0.507 e. The molecular weight excluding hydrogens is 390 g/mol. The van der Waals surface area contributed by atoms with Gasteiger partial charge in [-0.3, -0.25) is 9.59 Å². The summed E-state index contributed by atoms with van der Waals surface area (Å²) in [6.07, 6.45) is 5.83. The Morgan fingerprint density at radius 1 is 0.968 bits per heavy atom. The van der Waals surface area contributed by atoms with Gasteiger partial charge in [-0.15, -0.1) is 0 Å². The Kier molecular flexibility index (Phi) is 4.94. The Bertz CT molecular complexity index is 1160. The molecule has 1 saturated heterocycles. The molecule has 5 heteroatoms. The van der Waals surface area contributed by atoms with Gasteiger partial charge >= 0.3 is 0 Å². The second-order valence-corrected chi connectivity index (χ2v) is 8.11. The number of ketones is 1. The van der Waals surface area contributed by atoms with Gasteiger partial charge in [0, 0.05) is 5.56 Å². The fraction of sp³-hybridized carbons (Fsp3) is 0.231. The summed E-state index contributed by atoms with van der Waals surface area (Å²) >= 11 is 0. The summed E-state index contributed by atoms with van der Waals surface area (Å²) in [4.78, 5) is 27.5. The van der Waals surface area contributed by atoms with Gasteiger partial charge in [0.1, 0.15) is 11.5 Å². The molecule has 1 unspecified atom stereocenters. The summed E-state index contributed by atoms with van der Waals surface area (Å²) in [7, 11) is 0. The number of fused-ring (bicyclic) bond motifs is 1. The molecule has 2 heterocycles. The number of benzene rings is 2. The third-order valence-electron chi connectivity index (χ3n) is 6.18. The number of carbonyl (C=O) groups is 2. The molecule has 0 radical (unpaired) electrons. The maximum atomic E-state index is 13.1.